The molecule has 1 aromatic heterocycles. The van der Waals surface area contributed by atoms with E-state index in [1.54, 1.807) is 24.3 Å². The molecule has 6 heteroatoms. The van der Waals surface area contributed by atoms with Crippen LogP contribution in [0.4, 0.5) is 0 Å². The Labute approximate surface area is 164 Å². The lowest BCUT2D eigenvalue weighted by atomic mass is 9.73. The Balaban J connectivity index is 1.59. The van der Waals surface area contributed by atoms with Crippen molar-refractivity contribution >= 4 is 5.97 Å². The maximum absolute atomic E-state index is 11.0. The molecule has 28 heavy (non-hydrogen) atoms. The van der Waals surface area contributed by atoms with E-state index in [0.717, 1.165) is 43.7 Å². The van der Waals surface area contributed by atoms with Crippen LogP contribution in [-0.2, 0) is 12.0 Å². The van der Waals surface area contributed by atoms with Gasteiger partial charge in [-0.1, -0.05) is 47.7 Å². The molecule has 6 nitrogen and oxygen atoms in total. The molecule has 2 aromatic carbocycles. The summed E-state index contributed by atoms with van der Waals surface area (Å²) >= 11 is 0. The Morgan fingerprint density at radius 3 is 2.39 bits per heavy atom. The van der Waals surface area contributed by atoms with Crippen LogP contribution in [0.3, 0.4) is 0 Å². The summed E-state index contributed by atoms with van der Waals surface area (Å²) in [5.74, 6) is -0.928. The Kier molecular flexibility index (Phi) is 4.96. The highest BCUT2D eigenvalue weighted by Crippen LogP contribution is 2.37. The highest BCUT2D eigenvalue weighted by atomic mass is 16.4. The predicted molar refractivity (Wildman–Crippen MR) is 107 cm³/mol. The number of aromatic carboxylic acids is 1. The number of likely N-dealkylation sites (tertiary alicyclic amines) is 1. The van der Waals surface area contributed by atoms with E-state index in [4.69, 9.17) is 5.11 Å². The summed E-state index contributed by atoms with van der Waals surface area (Å²) < 4.78 is 1.93. The Morgan fingerprint density at radius 2 is 1.75 bits per heavy atom. The van der Waals surface area contributed by atoms with Crippen LogP contribution in [0.25, 0.3) is 11.3 Å². The number of aromatic nitrogens is 3. The highest BCUT2D eigenvalue weighted by molar-refractivity contribution is 5.88. The average Bonchev–Trinajstić information content (AvgIpc) is 3.19. The fourth-order valence-electron chi connectivity index (χ4n) is 3.98. The monoisotopic (exact) mass is 376 g/mol. The van der Waals surface area contributed by atoms with E-state index in [1.807, 2.05) is 10.9 Å². The second kappa shape index (κ2) is 7.56. The first-order valence-electron chi connectivity index (χ1n) is 9.54. The number of hydrogen-bond donors (Lipinski definition) is 1. The molecular weight excluding hydrogens is 352 g/mol. The molecule has 0 atom stereocenters. The standard InChI is InChI=1S/C22H24N4O2/c1-25-13-11-22(12-14-25,19-5-3-2-4-6-19)16-26-15-20(23-24-26)17-7-9-18(10-8-17)21(27)28/h2-10,15H,11-14,16H2,1H3,(H,27,28). The van der Waals surface area contributed by atoms with Crippen molar-refractivity contribution in [3.63, 3.8) is 0 Å². The second-order valence-corrected chi connectivity index (χ2v) is 7.63. The van der Waals surface area contributed by atoms with Gasteiger partial charge in [-0.05, 0) is 50.7 Å². The molecule has 1 saturated heterocycles. The van der Waals surface area contributed by atoms with Crippen molar-refractivity contribution in [2.24, 2.45) is 0 Å². The van der Waals surface area contributed by atoms with Crippen LogP contribution in [0.15, 0.2) is 60.8 Å². The summed E-state index contributed by atoms with van der Waals surface area (Å²) in [7, 11) is 2.17. The van der Waals surface area contributed by atoms with E-state index in [0.29, 0.717) is 0 Å². The van der Waals surface area contributed by atoms with Crippen molar-refractivity contribution in [3.8, 4) is 11.3 Å². The largest absolute Gasteiger partial charge is 0.478 e. The molecule has 1 aliphatic rings. The Bertz CT molecular complexity index is 942. The van der Waals surface area contributed by atoms with E-state index in [2.05, 4.69) is 52.6 Å². The molecule has 0 unspecified atom stereocenters. The number of carboxylic acids is 1. The van der Waals surface area contributed by atoms with Crippen molar-refractivity contribution < 1.29 is 9.90 Å². The molecule has 0 amide bonds. The minimum atomic E-state index is -0.928. The minimum Gasteiger partial charge on any atom is -0.478 e. The van der Waals surface area contributed by atoms with E-state index in [-0.39, 0.29) is 11.0 Å². The van der Waals surface area contributed by atoms with Gasteiger partial charge in [0.15, 0.2) is 0 Å². The van der Waals surface area contributed by atoms with Crippen molar-refractivity contribution in [1.82, 2.24) is 19.9 Å². The van der Waals surface area contributed by atoms with Gasteiger partial charge in [-0.3, -0.25) is 4.68 Å². The van der Waals surface area contributed by atoms with Crippen molar-refractivity contribution in [2.45, 2.75) is 24.8 Å². The predicted octanol–water partition coefficient (Wildman–Crippen LogP) is 3.31. The van der Waals surface area contributed by atoms with Crippen molar-refractivity contribution in [2.75, 3.05) is 20.1 Å². The van der Waals surface area contributed by atoms with Gasteiger partial charge >= 0.3 is 5.97 Å². The third kappa shape index (κ3) is 3.68. The van der Waals surface area contributed by atoms with Crippen LogP contribution in [-0.4, -0.2) is 51.1 Å². The molecule has 3 aromatic rings. The Hall–Kier alpha value is -2.99. The fourth-order valence-corrected chi connectivity index (χ4v) is 3.98. The van der Waals surface area contributed by atoms with Crippen LogP contribution in [0.2, 0.25) is 0 Å². The molecule has 0 saturated carbocycles. The number of piperidine rings is 1. The molecule has 0 aliphatic carbocycles. The van der Waals surface area contributed by atoms with E-state index < -0.39 is 5.97 Å². The summed E-state index contributed by atoms with van der Waals surface area (Å²) in [6.45, 7) is 2.91. The van der Waals surface area contributed by atoms with Gasteiger partial charge in [0.2, 0.25) is 0 Å². The van der Waals surface area contributed by atoms with Gasteiger partial charge < -0.3 is 10.0 Å². The molecule has 2 heterocycles. The number of rotatable bonds is 5. The van der Waals surface area contributed by atoms with E-state index in [9.17, 15) is 4.79 Å². The third-order valence-electron chi connectivity index (χ3n) is 5.76. The average molecular weight is 376 g/mol. The lowest BCUT2D eigenvalue weighted by Gasteiger charge is -2.41. The normalized spacial score (nSPS) is 16.8. The molecule has 1 N–H and O–H groups in total. The zero-order valence-corrected chi connectivity index (χ0v) is 16.0. The first-order valence-corrected chi connectivity index (χ1v) is 9.54. The van der Waals surface area contributed by atoms with Gasteiger partial charge in [0, 0.05) is 11.0 Å². The quantitative estimate of drug-likeness (QED) is 0.740. The van der Waals surface area contributed by atoms with Crippen LogP contribution in [0.1, 0.15) is 28.8 Å². The van der Waals surface area contributed by atoms with Crippen LogP contribution >= 0.6 is 0 Å². The lowest BCUT2D eigenvalue weighted by Crippen LogP contribution is -2.43. The molecule has 144 valence electrons. The lowest BCUT2D eigenvalue weighted by molar-refractivity contribution is 0.0697. The molecular formula is C22H24N4O2. The van der Waals surface area contributed by atoms with E-state index >= 15 is 0 Å². The van der Waals surface area contributed by atoms with Gasteiger partial charge in [0.1, 0.15) is 5.69 Å². The summed E-state index contributed by atoms with van der Waals surface area (Å²) in [5, 5.41) is 17.7. The minimum absolute atomic E-state index is 0.0475. The fraction of sp³-hybridized carbons (Fsp3) is 0.318. The SMILES string of the molecule is CN1CCC(Cn2cc(-c3ccc(C(=O)O)cc3)nn2)(c2ccccc2)CC1. The summed E-state index contributed by atoms with van der Waals surface area (Å²) in [5.41, 5.74) is 3.30. The molecule has 0 radical (unpaired) electrons. The zero-order chi connectivity index (χ0) is 19.6. The molecule has 0 spiro atoms. The molecule has 1 fully saturated rings. The third-order valence-corrected chi connectivity index (χ3v) is 5.76. The number of benzene rings is 2. The smallest absolute Gasteiger partial charge is 0.335 e. The molecule has 0 bridgehead atoms. The summed E-state index contributed by atoms with van der Waals surface area (Å²) in [6.07, 6.45) is 4.12. The van der Waals surface area contributed by atoms with Crippen LogP contribution in [0.5, 0.6) is 0 Å². The second-order valence-electron chi connectivity index (χ2n) is 7.63. The van der Waals surface area contributed by atoms with Crippen LogP contribution in [0, 0.1) is 0 Å². The molecule has 1 aliphatic heterocycles. The number of nitrogens with zero attached hydrogens (tertiary/aromatic N) is 4. The zero-order valence-electron chi connectivity index (χ0n) is 16.0. The van der Waals surface area contributed by atoms with Crippen LogP contribution < -0.4 is 0 Å². The Morgan fingerprint density at radius 1 is 1.07 bits per heavy atom. The topological polar surface area (TPSA) is 71.2 Å². The number of hydrogen-bond acceptors (Lipinski definition) is 4. The maximum Gasteiger partial charge on any atom is 0.335 e. The van der Waals surface area contributed by atoms with Gasteiger partial charge in [-0.2, -0.15) is 0 Å². The van der Waals surface area contributed by atoms with Crippen molar-refractivity contribution in [3.05, 3.63) is 71.9 Å². The maximum atomic E-state index is 11.0. The summed E-state index contributed by atoms with van der Waals surface area (Å²) in [6, 6.07) is 17.4. The summed E-state index contributed by atoms with van der Waals surface area (Å²) in [4.78, 5) is 13.4. The van der Waals surface area contributed by atoms with Gasteiger partial charge in [-0.25, -0.2) is 4.79 Å². The van der Waals surface area contributed by atoms with Gasteiger partial charge in [0.25, 0.3) is 0 Å². The first-order chi connectivity index (χ1) is 13.6. The number of carbonyl (C=O) groups is 1. The highest BCUT2D eigenvalue weighted by Gasteiger charge is 2.36. The van der Waals surface area contributed by atoms with Gasteiger partial charge in [0.05, 0.1) is 18.3 Å². The van der Waals surface area contributed by atoms with Gasteiger partial charge in [-0.15, -0.1) is 5.10 Å². The van der Waals surface area contributed by atoms with E-state index in [1.165, 1.54) is 5.56 Å². The van der Waals surface area contributed by atoms with Crippen molar-refractivity contribution in [1.29, 1.82) is 0 Å². The first kappa shape index (κ1) is 18.4. The number of carboxylic acid groups (broad SMARTS) is 1. The molecule has 4 rings (SSSR count).